The Morgan fingerprint density at radius 1 is 1.19 bits per heavy atom. The molecule has 0 aliphatic rings. The number of fused-ring (bicyclic) bond motifs is 1. The molecule has 1 N–H and O–H groups in total. The lowest BCUT2D eigenvalue weighted by atomic mass is 9.99. The summed E-state index contributed by atoms with van der Waals surface area (Å²) in [6, 6.07) is 2.46. The molecule has 0 amide bonds. The minimum absolute atomic E-state index is 0.0827. The fraction of sp³-hybridized carbons (Fsp3) is 0.273. The van der Waals surface area contributed by atoms with E-state index in [1.165, 1.54) is 12.1 Å². The zero-order valence-electron chi connectivity index (χ0n) is 25.4. The van der Waals surface area contributed by atoms with E-state index < -0.39 is 73.6 Å². The van der Waals surface area contributed by atoms with Crippen LogP contribution in [0.1, 0.15) is 52.4 Å². The minimum atomic E-state index is -5.36. The van der Waals surface area contributed by atoms with Gasteiger partial charge in [0.15, 0.2) is 0 Å². The fourth-order valence-corrected chi connectivity index (χ4v) is 2.35. The van der Waals surface area contributed by atoms with Gasteiger partial charge in [-0.3, -0.25) is 0 Å². The third-order valence-corrected chi connectivity index (χ3v) is 3.53. The Bertz CT molecular complexity index is 1370. The number of rotatable bonds is 6. The van der Waals surface area contributed by atoms with Crippen LogP contribution in [-0.2, 0) is 12.5 Å². The number of hydrogen-bond acceptors (Lipinski definition) is 1. The van der Waals surface area contributed by atoms with E-state index in [2.05, 4.69) is 5.32 Å². The molecule has 0 radical (unpaired) electrons. The molecule has 0 spiro atoms. The summed E-state index contributed by atoms with van der Waals surface area (Å²) in [5.74, 6) is 0. The summed E-state index contributed by atoms with van der Waals surface area (Å²) in [4.78, 5) is 0. The van der Waals surface area contributed by atoms with Crippen molar-refractivity contribution in [3.8, 4) is 0 Å². The molecule has 4 heteroatoms. The lowest BCUT2D eigenvalue weighted by Gasteiger charge is -2.17. The number of alkyl halides is 3. The topological polar surface area (TPSA) is 12.0 Å². The summed E-state index contributed by atoms with van der Waals surface area (Å²) < 4.78 is 138. The number of benzene rings is 3. The second kappa shape index (κ2) is 7.92. The Morgan fingerprint density at radius 3 is 2.81 bits per heavy atom. The van der Waals surface area contributed by atoms with E-state index in [1.807, 2.05) is 0 Å². The molecular formula is C22H22F3N. The van der Waals surface area contributed by atoms with E-state index in [0.717, 1.165) is 0 Å². The maximum Gasteiger partial charge on any atom is 0.416 e. The molecule has 3 aromatic rings. The molecule has 3 aromatic carbocycles. The fourth-order valence-electron chi connectivity index (χ4n) is 2.35. The number of nitrogens with one attached hydrogen (secondary N) is 1. The predicted octanol–water partition coefficient (Wildman–Crippen LogP) is 6.14. The van der Waals surface area contributed by atoms with Crippen LogP contribution in [0, 0.1) is 0 Å². The summed E-state index contributed by atoms with van der Waals surface area (Å²) in [6.07, 6.45) is -12.2. The Hall–Kier alpha value is -2.33. The average Bonchev–Trinajstić information content (AvgIpc) is 2.79. The van der Waals surface area contributed by atoms with Gasteiger partial charge in [0.05, 0.1) is 12.4 Å². The third kappa shape index (κ3) is 4.44. The molecule has 0 saturated heterocycles. The lowest BCUT2D eigenvalue weighted by molar-refractivity contribution is -0.137. The van der Waals surface area contributed by atoms with Crippen molar-refractivity contribution in [2.24, 2.45) is 0 Å². The van der Waals surface area contributed by atoms with E-state index in [-0.39, 0.29) is 5.56 Å². The van der Waals surface area contributed by atoms with E-state index in [1.54, 1.807) is 30.3 Å². The van der Waals surface area contributed by atoms with Crippen LogP contribution >= 0.6 is 0 Å². The highest BCUT2D eigenvalue weighted by Crippen LogP contribution is 2.29. The van der Waals surface area contributed by atoms with Gasteiger partial charge >= 0.3 is 6.18 Å². The standard InChI is InChI=1S/C22H22F3N/c1-16(20-13-5-10-18-9-2-3-12-21(18)20)26-14-6-8-17-7-4-11-19(15-17)22(23,24)25/h2-5,7,9-13,15-16,26H,6,8,14H2,1H3/t16-/m1/s1/i1D3,4D,6D2,7D,8D2,11D,15D,16D. The second-order valence-electron chi connectivity index (χ2n) is 5.30. The molecule has 0 unspecified atom stereocenters. The van der Waals surface area contributed by atoms with Crippen molar-refractivity contribution < 1.29 is 29.6 Å². The first-order valence-corrected chi connectivity index (χ1v) is 7.60. The number of halogens is 3. The van der Waals surface area contributed by atoms with Crippen LogP contribution in [0.4, 0.5) is 13.2 Å². The van der Waals surface area contributed by atoms with Crippen molar-refractivity contribution in [1.82, 2.24) is 5.32 Å². The summed E-state index contributed by atoms with van der Waals surface area (Å²) in [5.41, 5.74) is -3.48. The third-order valence-electron chi connectivity index (χ3n) is 3.53. The van der Waals surface area contributed by atoms with E-state index in [4.69, 9.17) is 16.4 Å². The predicted molar refractivity (Wildman–Crippen MR) is 100 cm³/mol. The van der Waals surface area contributed by atoms with Gasteiger partial charge in [0.1, 0.15) is 0 Å². The molecular weight excluding hydrogens is 335 g/mol. The van der Waals surface area contributed by atoms with Gasteiger partial charge in [0, 0.05) is 15.6 Å². The maximum absolute atomic E-state index is 13.5. The van der Waals surface area contributed by atoms with E-state index >= 15 is 0 Å². The van der Waals surface area contributed by atoms with Gasteiger partial charge in [-0.2, -0.15) is 13.2 Å². The molecule has 0 saturated carbocycles. The minimum Gasteiger partial charge on any atom is -0.310 e. The Morgan fingerprint density at radius 2 is 2.00 bits per heavy atom. The van der Waals surface area contributed by atoms with E-state index in [0.29, 0.717) is 10.8 Å². The Balaban J connectivity index is 2.13. The normalized spacial score (nSPS) is 22.6. The van der Waals surface area contributed by atoms with Crippen LogP contribution in [0.3, 0.4) is 0 Å². The number of hydrogen-bond donors (Lipinski definition) is 1. The molecule has 0 fully saturated rings. The monoisotopic (exact) mass is 369 g/mol. The smallest absolute Gasteiger partial charge is 0.310 e. The Labute approximate surface area is 168 Å². The first-order chi connectivity index (χ1) is 17.2. The SMILES string of the molecule is [2H]c1c([2H])c(C(F)(F)F)c([2H])c(C([2H])([2H])C([2H])([2H])CN[C@@]([2H])(c2cccc3ccccc23)C([2H])([2H])[2H])c1[2H]. The molecule has 0 aliphatic carbocycles. The van der Waals surface area contributed by atoms with Crippen LogP contribution in [0.15, 0.2) is 66.6 Å². The summed E-state index contributed by atoms with van der Waals surface area (Å²) in [5, 5.41) is 3.15. The molecule has 26 heavy (non-hydrogen) atoms. The van der Waals surface area contributed by atoms with Gasteiger partial charge in [-0.25, -0.2) is 0 Å². The zero-order valence-corrected chi connectivity index (χ0v) is 13.4. The molecule has 136 valence electrons. The first kappa shape index (κ1) is 8.57. The van der Waals surface area contributed by atoms with Gasteiger partial charge < -0.3 is 5.32 Å². The van der Waals surface area contributed by atoms with Crippen molar-refractivity contribution in [3.05, 3.63) is 83.3 Å². The van der Waals surface area contributed by atoms with Crippen molar-refractivity contribution >= 4 is 10.8 Å². The maximum atomic E-state index is 13.5. The van der Waals surface area contributed by atoms with Crippen molar-refractivity contribution in [3.63, 3.8) is 0 Å². The zero-order chi connectivity index (χ0) is 29.1. The highest BCUT2D eigenvalue weighted by Gasteiger charge is 2.30. The molecule has 0 heterocycles. The molecule has 0 aromatic heterocycles. The molecule has 0 bridgehead atoms. The van der Waals surface area contributed by atoms with Crippen LogP contribution in [-0.4, -0.2) is 6.54 Å². The van der Waals surface area contributed by atoms with Crippen LogP contribution in [0.25, 0.3) is 10.8 Å². The first-order valence-electron chi connectivity index (χ1n) is 13.6. The second-order valence-corrected chi connectivity index (χ2v) is 5.30. The highest BCUT2D eigenvalue weighted by molar-refractivity contribution is 5.86. The van der Waals surface area contributed by atoms with Crippen molar-refractivity contribution in [2.45, 2.75) is 31.8 Å². The Kier molecular flexibility index (Phi) is 2.61. The highest BCUT2D eigenvalue weighted by atomic mass is 19.4. The summed E-state index contributed by atoms with van der Waals surface area (Å²) in [7, 11) is 0. The molecule has 1 atom stereocenters. The van der Waals surface area contributed by atoms with Gasteiger partial charge in [-0.15, -0.1) is 0 Å². The van der Waals surface area contributed by atoms with Gasteiger partial charge in [0.2, 0.25) is 0 Å². The molecule has 0 aliphatic heterocycles. The van der Waals surface area contributed by atoms with E-state index in [9.17, 15) is 13.2 Å². The van der Waals surface area contributed by atoms with Gasteiger partial charge in [-0.05, 0) is 54.1 Å². The van der Waals surface area contributed by atoms with Gasteiger partial charge in [0.25, 0.3) is 0 Å². The molecule has 3 rings (SSSR count). The van der Waals surface area contributed by atoms with Crippen molar-refractivity contribution in [1.29, 1.82) is 0 Å². The summed E-state index contributed by atoms with van der Waals surface area (Å²) >= 11 is 0. The largest absolute Gasteiger partial charge is 0.416 e. The molecule has 1 nitrogen and oxygen atoms in total. The van der Waals surface area contributed by atoms with Crippen molar-refractivity contribution in [2.75, 3.05) is 6.54 Å². The lowest BCUT2D eigenvalue weighted by Crippen LogP contribution is -2.20. The van der Waals surface area contributed by atoms with Crippen LogP contribution in [0.5, 0.6) is 0 Å². The van der Waals surface area contributed by atoms with Gasteiger partial charge in [-0.1, -0.05) is 60.6 Å². The quantitative estimate of drug-likeness (QED) is 0.550. The van der Waals surface area contributed by atoms with Crippen LogP contribution < -0.4 is 5.32 Å². The summed E-state index contributed by atoms with van der Waals surface area (Å²) in [6.45, 7) is -4.37. The van der Waals surface area contributed by atoms with Crippen LogP contribution in [0.2, 0.25) is 0 Å². The average molecular weight is 369 g/mol.